The molecule has 4 rings (SSSR count). The monoisotopic (exact) mass is 378 g/mol. The van der Waals surface area contributed by atoms with Gasteiger partial charge in [0.2, 0.25) is 0 Å². The molecule has 2 aliphatic rings. The smallest absolute Gasteiger partial charge is 0.319 e. The normalized spacial score (nSPS) is 17.0. The van der Waals surface area contributed by atoms with Crippen molar-refractivity contribution >= 4 is 28.9 Å². The number of nitrogens with one attached hydrogen (secondary N) is 2. The van der Waals surface area contributed by atoms with E-state index in [1.807, 2.05) is 30.3 Å². The molecule has 0 fully saturated rings. The number of aryl methyl sites for hydroxylation is 1. The van der Waals surface area contributed by atoms with Crippen LogP contribution >= 0.6 is 0 Å². The molecule has 2 N–H and O–H groups in total. The van der Waals surface area contributed by atoms with Gasteiger partial charge in [0.15, 0.2) is 0 Å². The van der Waals surface area contributed by atoms with Gasteiger partial charge in [-0.3, -0.25) is 9.59 Å². The third-order valence-electron chi connectivity index (χ3n) is 5.00. The van der Waals surface area contributed by atoms with Gasteiger partial charge < -0.3 is 20.1 Å². The molecule has 0 saturated carbocycles. The molecule has 28 heavy (non-hydrogen) atoms. The van der Waals surface area contributed by atoms with Crippen LogP contribution in [0.2, 0.25) is 0 Å². The molecule has 0 atom stereocenters. The minimum Gasteiger partial charge on any atom is -0.487 e. The maximum absolute atomic E-state index is 12.5. The van der Waals surface area contributed by atoms with E-state index < -0.39 is 0 Å². The van der Waals surface area contributed by atoms with E-state index in [1.165, 1.54) is 12.7 Å². The molecule has 0 radical (unpaired) electrons. The second kappa shape index (κ2) is 7.86. The molecule has 2 aromatic carbocycles. The van der Waals surface area contributed by atoms with Gasteiger partial charge in [-0.2, -0.15) is 0 Å². The van der Waals surface area contributed by atoms with Gasteiger partial charge in [0.1, 0.15) is 12.4 Å². The van der Waals surface area contributed by atoms with Crippen molar-refractivity contribution in [3.05, 3.63) is 64.7 Å². The summed E-state index contributed by atoms with van der Waals surface area (Å²) in [6, 6.07) is 13.9. The second-order valence-corrected chi connectivity index (χ2v) is 6.84. The van der Waals surface area contributed by atoms with Crippen molar-refractivity contribution in [3.8, 4) is 0 Å². The van der Waals surface area contributed by atoms with Crippen LogP contribution in [0.1, 0.15) is 28.7 Å². The van der Waals surface area contributed by atoms with Gasteiger partial charge in [-0.05, 0) is 31.0 Å². The molecule has 2 aromatic rings. The number of amides is 1. The van der Waals surface area contributed by atoms with Gasteiger partial charge in [-0.1, -0.05) is 36.4 Å². The van der Waals surface area contributed by atoms with Crippen LogP contribution in [0, 0.1) is 0 Å². The summed E-state index contributed by atoms with van der Waals surface area (Å²) in [5.41, 5.74) is 5.60. The summed E-state index contributed by atoms with van der Waals surface area (Å²) < 4.78 is 10.5. The van der Waals surface area contributed by atoms with Crippen LogP contribution < -0.4 is 10.6 Å². The number of fused-ring (bicyclic) bond motifs is 2. The van der Waals surface area contributed by atoms with Crippen LogP contribution in [0.25, 0.3) is 11.3 Å². The number of carbonyl (C=O) groups excluding carboxylic acids is 2. The Morgan fingerprint density at radius 1 is 1.21 bits per heavy atom. The molecule has 6 nitrogen and oxygen atoms in total. The Hall–Kier alpha value is -3.12. The summed E-state index contributed by atoms with van der Waals surface area (Å²) in [6.45, 7) is 1.45. The number of rotatable bonds is 6. The zero-order valence-electron chi connectivity index (χ0n) is 15.7. The van der Waals surface area contributed by atoms with Gasteiger partial charge >= 0.3 is 5.97 Å². The number of benzene rings is 2. The molecule has 0 aliphatic carbocycles. The van der Waals surface area contributed by atoms with Gasteiger partial charge in [-0.15, -0.1) is 0 Å². The lowest BCUT2D eigenvalue weighted by molar-refractivity contribution is -0.139. The van der Waals surface area contributed by atoms with Gasteiger partial charge in [0.25, 0.3) is 5.91 Å². The summed E-state index contributed by atoms with van der Waals surface area (Å²) in [5, 5.41) is 5.97. The van der Waals surface area contributed by atoms with Crippen LogP contribution in [0.4, 0.5) is 5.69 Å². The van der Waals surface area contributed by atoms with Crippen molar-refractivity contribution < 1.29 is 19.1 Å². The van der Waals surface area contributed by atoms with Gasteiger partial charge in [0.05, 0.1) is 19.2 Å². The molecular formula is C22H22N2O4. The zero-order valence-corrected chi connectivity index (χ0v) is 15.7. The highest BCUT2D eigenvalue weighted by Crippen LogP contribution is 2.41. The van der Waals surface area contributed by atoms with E-state index in [0.717, 1.165) is 41.8 Å². The molecule has 0 aromatic heterocycles. The Morgan fingerprint density at radius 2 is 2.07 bits per heavy atom. The summed E-state index contributed by atoms with van der Waals surface area (Å²) in [6.07, 6.45) is 1.82. The first-order valence-corrected chi connectivity index (χ1v) is 9.35. The molecule has 0 spiro atoms. The SMILES string of the molecule is COC(=O)CNCCCc1ccc2c(c1)COC2=C1C(=O)Nc2ccccc21. The Balaban J connectivity index is 1.47. The quantitative estimate of drug-likeness (QED) is 0.459. The number of carbonyl (C=O) groups is 2. The van der Waals surface area contributed by atoms with Crippen LogP contribution in [-0.2, 0) is 32.1 Å². The number of hydrogen-bond acceptors (Lipinski definition) is 5. The van der Waals surface area contributed by atoms with Crippen molar-refractivity contribution in [2.75, 3.05) is 25.5 Å². The molecule has 6 heteroatoms. The number of para-hydroxylation sites is 1. The van der Waals surface area contributed by atoms with Crippen LogP contribution in [0.5, 0.6) is 0 Å². The van der Waals surface area contributed by atoms with E-state index in [0.29, 0.717) is 17.9 Å². The van der Waals surface area contributed by atoms with Gasteiger partial charge in [-0.25, -0.2) is 0 Å². The summed E-state index contributed by atoms with van der Waals surface area (Å²) in [7, 11) is 1.38. The van der Waals surface area contributed by atoms with Crippen molar-refractivity contribution in [1.29, 1.82) is 0 Å². The number of methoxy groups -OCH3 is 1. The average Bonchev–Trinajstić information content (AvgIpc) is 3.26. The lowest BCUT2D eigenvalue weighted by Gasteiger charge is -2.07. The number of hydrogen-bond donors (Lipinski definition) is 2. The topological polar surface area (TPSA) is 76.7 Å². The molecule has 0 bridgehead atoms. The standard InChI is InChI=1S/C22H22N2O4/c1-27-19(25)12-23-10-4-5-14-8-9-16-15(11-14)13-28-21(16)20-17-6-2-3-7-18(17)24-22(20)26/h2-3,6-9,11,23H,4-5,10,12-13H2,1H3,(H,24,26). The number of esters is 1. The summed E-state index contributed by atoms with van der Waals surface area (Å²) in [4.78, 5) is 23.6. The number of ether oxygens (including phenoxy) is 2. The highest BCUT2D eigenvalue weighted by Gasteiger charge is 2.32. The Bertz CT molecular complexity index is 965. The minimum atomic E-state index is -0.257. The lowest BCUT2D eigenvalue weighted by atomic mass is 9.98. The molecule has 2 aliphatic heterocycles. The van der Waals surface area contributed by atoms with Crippen LogP contribution in [0.15, 0.2) is 42.5 Å². The fourth-order valence-electron chi connectivity index (χ4n) is 3.60. The van der Waals surface area contributed by atoms with Crippen molar-refractivity contribution in [3.63, 3.8) is 0 Å². The van der Waals surface area contributed by atoms with Crippen molar-refractivity contribution in [2.24, 2.45) is 0 Å². The molecule has 1 amide bonds. The maximum Gasteiger partial charge on any atom is 0.319 e. The largest absolute Gasteiger partial charge is 0.487 e. The van der Waals surface area contributed by atoms with E-state index in [9.17, 15) is 9.59 Å². The van der Waals surface area contributed by atoms with E-state index in [1.54, 1.807) is 0 Å². The molecule has 0 saturated heterocycles. The second-order valence-electron chi connectivity index (χ2n) is 6.84. The maximum atomic E-state index is 12.5. The highest BCUT2D eigenvalue weighted by molar-refractivity contribution is 6.36. The molecule has 2 heterocycles. The predicted molar refractivity (Wildman–Crippen MR) is 106 cm³/mol. The highest BCUT2D eigenvalue weighted by atomic mass is 16.5. The van der Waals surface area contributed by atoms with Crippen molar-refractivity contribution in [2.45, 2.75) is 19.4 Å². The molecule has 0 unspecified atom stereocenters. The molecule has 144 valence electrons. The van der Waals surface area contributed by atoms with Crippen LogP contribution in [-0.4, -0.2) is 32.1 Å². The van der Waals surface area contributed by atoms with E-state index in [2.05, 4.69) is 27.5 Å². The van der Waals surface area contributed by atoms with E-state index in [4.69, 9.17) is 4.74 Å². The van der Waals surface area contributed by atoms with Gasteiger partial charge in [0, 0.05) is 22.4 Å². The fraction of sp³-hybridized carbons (Fsp3) is 0.273. The average molecular weight is 378 g/mol. The van der Waals surface area contributed by atoms with Crippen molar-refractivity contribution in [1.82, 2.24) is 5.32 Å². The van der Waals surface area contributed by atoms with Crippen LogP contribution in [0.3, 0.4) is 0 Å². The lowest BCUT2D eigenvalue weighted by Crippen LogP contribution is -2.25. The van der Waals surface area contributed by atoms with E-state index >= 15 is 0 Å². The Kier molecular flexibility index (Phi) is 5.12. The third kappa shape index (κ3) is 3.51. The Labute approximate surface area is 163 Å². The predicted octanol–water partition coefficient (Wildman–Crippen LogP) is 2.73. The fourth-order valence-corrected chi connectivity index (χ4v) is 3.60. The first kappa shape index (κ1) is 18.3. The number of anilines is 1. The first-order chi connectivity index (χ1) is 13.7. The first-order valence-electron chi connectivity index (χ1n) is 9.35. The zero-order chi connectivity index (χ0) is 19.5. The molecular weight excluding hydrogens is 356 g/mol. The van der Waals surface area contributed by atoms with E-state index in [-0.39, 0.29) is 18.4 Å². The summed E-state index contributed by atoms with van der Waals surface area (Å²) >= 11 is 0. The third-order valence-corrected chi connectivity index (χ3v) is 5.00. The minimum absolute atomic E-state index is 0.121. The Morgan fingerprint density at radius 3 is 2.93 bits per heavy atom. The summed E-state index contributed by atoms with van der Waals surface area (Å²) in [5.74, 6) is 0.279.